The lowest BCUT2D eigenvalue weighted by Gasteiger charge is -2.35. The van der Waals surface area contributed by atoms with Crippen molar-refractivity contribution < 1.29 is 13.9 Å². The van der Waals surface area contributed by atoms with Crippen molar-refractivity contribution in [1.82, 2.24) is 9.13 Å². The van der Waals surface area contributed by atoms with Crippen LogP contribution in [0.4, 0.5) is 0 Å². The number of hydrogen-bond acceptors (Lipinski definition) is 1. The van der Waals surface area contributed by atoms with Gasteiger partial charge in [-0.3, -0.25) is 0 Å². The van der Waals surface area contributed by atoms with Crippen LogP contribution in [0.2, 0.25) is 0 Å². The summed E-state index contributed by atoms with van der Waals surface area (Å²) in [5.74, 6) is 1.80. The molecule has 5 heteroatoms. The van der Waals surface area contributed by atoms with Crippen molar-refractivity contribution in [3.63, 3.8) is 0 Å². The van der Waals surface area contributed by atoms with Crippen molar-refractivity contribution >= 4 is 0 Å². The quantitative estimate of drug-likeness (QED) is 0.233. The van der Waals surface area contributed by atoms with E-state index in [-0.39, 0.29) is 5.41 Å². The molecule has 5 nitrogen and oxygen atoms in total. The molecule has 4 aromatic carbocycles. The molecule has 0 saturated carbocycles. The summed E-state index contributed by atoms with van der Waals surface area (Å²) in [5, 5.41) is 0. The van der Waals surface area contributed by atoms with Gasteiger partial charge in [-0.05, 0) is 23.3 Å². The van der Waals surface area contributed by atoms with Crippen molar-refractivity contribution in [2.45, 2.75) is 32.4 Å². The number of para-hydroxylation sites is 2. The zero-order valence-corrected chi connectivity index (χ0v) is 22.8. The van der Waals surface area contributed by atoms with Crippen LogP contribution in [0.3, 0.4) is 0 Å². The highest BCUT2D eigenvalue weighted by atomic mass is 16.5. The van der Waals surface area contributed by atoms with E-state index < -0.39 is 0 Å². The molecule has 0 fully saturated rings. The number of ether oxygens (including phenoxy) is 1. The normalized spacial score (nSPS) is 13.3. The number of nitrogens with zero attached hydrogens (tertiary/aromatic N) is 4. The summed E-state index contributed by atoms with van der Waals surface area (Å²) >= 11 is 0. The van der Waals surface area contributed by atoms with Gasteiger partial charge in [0, 0.05) is 16.5 Å². The van der Waals surface area contributed by atoms with E-state index in [1.807, 2.05) is 0 Å². The minimum absolute atomic E-state index is 0.227. The van der Waals surface area contributed by atoms with Crippen molar-refractivity contribution in [1.29, 1.82) is 0 Å². The molecule has 0 aliphatic carbocycles. The first-order chi connectivity index (χ1) is 19.6. The smallest absolute Gasteiger partial charge is 0.249 e. The largest absolute Gasteiger partial charge is 0.448 e. The van der Waals surface area contributed by atoms with Crippen molar-refractivity contribution in [3.05, 3.63) is 157 Å². The maximum atomic E-state index is 6.88. The zero-order valence-electron chi connectivity index (χ0n) is 22.8. The van der Waals surface area contributed by atoms with Crippen molar-refractivity contribution in [3.8, 4) is 22.9 Å². The fourth-order valence-corrected chi connectivity index (χ4v) is 5.75. The molecular weight excluding hydrogens is 492 g/mol. The number of rotatable bonds is 6. The Labute approximate surface area is 234 Å². The highest BCUT2D eigenvalue weighted by Gasteiger charge is 2.38. The summed E-state index contributed by atoms with van der Waals surface area (Å²) in [6.07, 6.45) is 12.7. The summed E-state index contributed by atoms with van der Waals surface area (Å²) < 4.78 is 15.6. The molecule has 196 valence electrons. The molecule has 40 heavy (non-hydrogen) atoms. The van der Waals surface area contributed by atoms with Crippen LogP contribution in [0.15, 0.2) is 135 Å². The van der Waals surface area contributed by atoms with Crippen LogP contribution in [-0.4, -0.2) is 9.13 Å². The maximum Gasteiger partial charge on any atom is 0.249 e. The topological polar surface area (TPSA) is 26.8 Å². The van der Waals surface area contributed by atoms with Gasteiger partial charge in [-0.2, -0.15) is 9.13 Å². The third-order valence-corrected chi connectivity index (χ3v) is 7.89. The molecule has 1 aliphatic rings. The molecule has 1 aliphatic heterocycles. The summed E-state index contributed by atoms with van der Waals surface area (Å²) in [6.45, 7) is 6.21. The molecule has 7 rings (SSSR count). The predicted molar refractivity (Wildman–Crippen MR) is 155 cm³/mol. The van der Waals surface area contributed by atoms with E-state index in [9.17, 15) is 0 Å². The van der Waals surface area contributed by atoms with Gasteiger partial charge in [0.15, 0.2) is 22.9 Å². The van der Waals surface area contributed by atoms with Crippen LogP contribution in [0, 0.1) is 0 Å². The third kappa shape index (κ3) is 4.30. The first-order valence-electron chi connectivity index (χ1n) is 13.7. The Hall–Kier alpha value is -4.90. The molecule has 6 aromatic rings. The van der Waals surface area contributed by atoms with E-state index in [2.05, 4.69) is 167 Å². The van der Waals surface area contributed by atoms with Crippen LogP contribution in [-0.2, 0) is 18.5 Å². The first-order valence-corrected chi connectivity index (χ1v) is 13.7. The first kappa shape index (κ1) is 24.2. The van der Waals surface area contributed by atoms with E-state index in [0.29, 0.717) is 0 Å². The average Bonchev–Trinajstić information content (AvgIpc) is 3.64. The van der Waals surface area contributed by atoms with Gasteiger partial charge in [-0.15, -0.1) is 0 Å². The standard InChI is InChI=1S/C35H32N4O/c1-35(2)29-15-9-17-31(38-21-19-36(25-38)23-27-11-5-3-6-12-27)33(29)40-34-30(35)16-10-18-32(34)39-22-20-37(26-39)24-28-13-7-4-8-14-28/h3-22,25-26H,23-24H2,1-2H3/q+2. The molecule has 0 atom stereocenters. The SMILES string of the molecule is CC1(C)c2cccc(-n3cc[n+](Cc4ccccc4)c3)c2Oc2c(-n3cc[n+](Cc4ccccc4)c3)cccc21. The molecular formula is C35H32N4O+2. The van der Waals surface area contributed by atoms with Crippen LogP contribution in [0.25, 0.3) is 11.4 Å². The number of aromatic nitrogens is 4. The van der Waals surface area contributed by atoms with Crippen LogP contribution in [0.5, 0.6) is 11.5 Å². The Balaban J connectivity index is 1.26. The number of fused-ring (bicyclic) bond motifs is 2. The molecule has 2 aromatic heterocycles. The van der Waals surface area contributed by atoms with E-state index in [1.165, 1.54) is 22.3 Å². The van der Waals surface area contributed by atoms with Gasteiger partial charge >= 0.3 is 0 Å². The highest BCUT2D eigenvalue weighted by molar-refractivity contribution is 5.67. The van der Waals surface area contributed by atoms with Crippen LogP contribution >= 0.6 is 0 Å². The van der Waals surface area contributed by atoms with Gasteiger partial charge in [-0.1, -0.05) is 98.8 Å². The second kappa shape index (κ2) is 9.69. The Bertz CT molecular complexity index is 1670. The summed E-state index contributed by atoms with van der Waals surface area (Å²) in [7, 11) is 0. The highest BCUT2D eigenvalue weighted by Crippen LogP contribution is 2.51. The van der Waals surface area contributed by atoms with Crippen molar-refractivity contribution in [2.24, 2.45) is 0 Å². The summed E-state index contributed by atoms with van der Waals surface area (Å²) in [6, 6.07) is 34.0. The van der Waals surface area contributed by atoms with Gasteiger partial charge in [-0.25, -0.2) is 9.13 Å². The fraction of sp³-hybridized carbons (Fsp3) is 0.143. The van der Waals surface area contributed by atoms with Crippen LogP contribution in [0.1, 0.15) is 36.1 Å². The number of hydrogen-bond donors (Lipinski definition) is 0. The molecule has 0 bridgehead atoms. The Morgan fingerprint density at radius 3 is 1.48 bits per heavy atom. The minimum Gasteiger partial charge on any atom is -0.448 e. The van der Waals surface area contributed by atoms with E-state index in [0.717, 1.165) is 36.0 Å². The van der Waals surface area contributed by atoms with Gasteiger partial charge in [0.1, 0.15) is 37.9 Å². The van der Waals surface area contributed by atoms with Gasteiger partial charge in [0.25, 0.3) is 0 Å². The lowest BCUT2D eigenvalue weighted by Crippen LogP contribution is -2.31. The average molecular weight is 525 g/mol. The third-order valence-electron chi connectivity index (χ3n) is 7.89. The molecule has 0 saturated heterocycles. The van der Waals surface area contributed by atoms with E-state index >= 15 is 0 Å². The predicted octanol–water partition coefficient (Wildman–Crippen LogP) is 6.37. The second-order valence-corrected chi connectivity index (χ2v) is 11.0. The van der Waals surface area contributed by atoms with Gasteiger partial charge in [0.2, 0.25) is 12.7 Å². The Morgan fingerprint density at radius 2 is 1.02 bits per heavy atom. The fourth-order valence-electron chi connectivity index (χ4n) is 5.75. The van der Waals surface area contributed by atoms with Crippen molar-refractivity contribution in [2.75, 3.05) is 0 Å². The van der Waals surface area contributed by atoms with Gasteiger partial charge in [0.05, 0.1) is 0 Å². The molecule has 0 spiro atoms. The van der Waals surface area contributed by atoms with Gasteiger partial charge < -0.3 is 4.74 Å². The zero-order chi connectivity index (χ0) is 27.1. The molecule has 0 unspecified atom stereocenters. The lowest BCUT2D eigenvalue weighted by molar-refractivity contribution is -0.687. The second-order valence-electron chi connectivity index (χ2n) is 11.0. The molecule has 0 amide bonds. The van der Waals surface area contributed by atoms with E-state index in [1.54, 1.807) is 0 Å². The van der Waals surface area contributed by atoms with E-state index in [4.69, 9.17) is 4.74 Å². The maximum absolute atomic E-state index is 6.88. The summed E-state index contributed by atoms with van der Waals surface area (Å²) in [4.78, 5) is 0. The van der Waals surface area contributed by atoms with Crippen LogP contribution < -0.4 is 13.9 Å². The Morgan fingerprint density at radius 1 is 0.575 bits per heavy atom. The summed E-state index contributed by atoms with van der Waals surface area (Å²) in [5.41, 5.74) is 6.75. The number of benzene rings is 4. The molecule has 0 N–H and O–H groups in total. The minimum atomic E-state index is -0.227. The number of imidazole rings is 2. The Kier molecular flexibility index (Phi) is 5.85. The molecule has 0 radical (unpaired) electrons. The lowest BCUT2D eigenvalue weighted by atomic mass is 9.75. The monoisotopic (exact) mass is 524 g/mol. The molecule has 3 heterocycles.